The molecule has 0 radical (unpaired) electrons. The van der Waals surface area contributed by atoms with Crippen molar-refractivity contribution < 1.29 is 4.74 Å². The Morgan fingerprint density at radius 1 is 1.40 bits per heavy atom. The Hall–Kier alpha value is -0.510. The van der Waals surface area contributed by atoms with Crippen molar-refractivity contribution in [1.82, 2.24) is 0 Å². The summed E-state index contributed by atoms with van der Waals surface area (Å²) in [5.41, 5.74) is 8.11. The van der Waals surface area contributed by atoms with Gasteiger partial charge in [-0.15, -0.1) is 11.8 Å². The van der Waals surface area contributed by atoms with Gasteiger partial charge in [0, 0.05) is 30.9 Å². The fraction of sp³-hybridized carbons (Fsp3) is 0.500. The molecular formula is C12H19NOS. The quantitative estimate of drug-likeness (QED) is 0.597. The van der Waals surface area contributed by atoms with Gasteiger partial charge < -0.3 is 10.5 Å². The highest BCUT2D eigenvalue weighted by molar-refractivity contribution is 7.99. The molecule has 0 aliphatic carbocycles. The molecule has 0 fully saturated rings. The molecule has 0 spiro atoms. The Balaban J connectivity index is 2.47. The van der Waals surface area contributed by atoms with E-state index in [4.69, 9.17) is 10.5 Å². The Bertz CT molecular complexity index is 302. The lowest BCUT2D eigenvalue weighted by Gasteiger charge is -2.07. The van der Waals surface area contributed by atoms with Gasteiger partial charge in [-0.3, -0.25) is 0 Å². The predicted octanol–water partition coefficient (Wildman–Crippen LogP) is 2.58. The van der Waals surface area contributed by atoms with Gasteiger partial charge in [0.2, 0.25) is 0 Å². The van der Waals surface area contributed by atoms with E-state index in [1.54, 1.807) is 7.11 Å². The van der Waals surface area contributed by atoms with E-state index >= 15 is 0 Å². The molecule has 0 unspecified atom stereocenters. The van der Waals surface area contributed by atoms with Crippen molar-refractivity contribution in [3.05, 3.63) is 29.3 Å². The summed E-state index contributed by atoms with van der Waals surface area (Å²) in [5.74, 6) is 1.11. The molecule has 1 aromatic carbocycles. The van der Waals surface area contributed by atoms with Crippen LogP contribution in [0.1, 0.15) is 17.5 Å². The summed E-state index contributed by atoms with van der Waals surface area (Å²) in [6.07, 6.45) is 1.10. The van der Waals surface area contributed by atoms with Gasteiger partial charge in [-0.2, -0.15) is 0 Å². The lowest BCUT2D eigenvalue weighted by Crippen LogP contribution is -1.97. The molecule has 1 rings (SSSR count). The first-order valence-corrected chi connectivity index (χ1v) is 6.18. The van der Waals surface area contributed by atoms with Crippen molar-refractivity contribution in [2.45, 2.75) is 24.8 Å². The van der Waals surface area contributed by atoms with Crippen molar-refractivity contribution in [2.24, 2.45) is 5.73 Å². The van der Waals surface area contributed by atoms with Gasteiger partial charge in [-0.25, -0.2) is 0 Å². The minimum absolute atomic E-state index is 0.620. The van der Waals surface area contributed by atoms with Crippen LogP contribution in [0.15, 0.2) is 23.1 Å². The third kappa shape index (κ3) is 4.24. The summed E-state index contributed by atoms with van der Waals surface area (Å²) < 4.78 is 5.02. The summed E-state index contributed by atoms with van der Waals surface area (Å²) in [6.45, 7) is 3.60. The second kappa shape index (κ2) is 6.88. The first-order valence-electron chi connectivity index (χ1n) is 5.19. The number of aryl methyl sites for hydroxylation is 1. The first kappa shape index (κ1) is 12.6. The van der Waals surface area contributed by atoms with E-state index in [9.17, 15) is 0 Å². The van der Waals surface area contributed by atoms with Crippen molar-refractivity contribution >= 4 is 11.8 Å². The average Bonchev–Trinajstić information content (AvgIpc) is 2.26. The van der Waals surface area contributed by atoms with E-state index < -0.39 is 0 Å². The highest BCUT2D eigenvalue weighted by atomic mass is 32.2. The van der Waals surface area contributed by atoms with Gasteiger partial charge in [0.1, 0.15) is 0 Å². The Morgan fingerprint density at radius 2 is 2.20 bits per heavy atom. The van der Waals surface area contributed by atoms with Crippen LogP contribution >= 0.6 is 11.8 Å². The number of benzene rings is 1. The van der Waals surface area contributed by atoms with Crippen molar-refractivity contribution in [1.29, 1.82) is 0 Å². The van der Waals surface area contributed by atoms with Gasteiger partial charge in [0.05, 0.1) is 0 Å². The third-order valence-corrected chi connectivity index (χ3v) is 3.49. The first-order chi connectivity index (χ1) is 7.27. The summed E-state index contributed by atoms with van der Waals surface area (Å²) >= 11 is 1.89. The van der Waals surface area contributed by atoms with Crippen LogP contribution in [0.2, 0.25) is 0 Å². The smallest absolute Gasteiger partial charge is 0.0470 e. The van der Waals surface area contributed by atoms with Gasteiger partial charge in [-0.1, -0.05) is 12.1 Å². The molecule has 0 saturated carbocycles. The number of rotatable bonds is 6. The SMILES string of the molecule is COCCCSc1ccc(CN)cc1C. The van der Waals surface area contributed by atoms with Crippen LogP contribution in [0.25, 0.3) is 0 Å². The number of hydrogen-bond donors (Lipinski definition) is 1. The number of methoxy groups -OCH3 is 1. The van der Waals surface area contributed by atoms with Gasteiger partial charge >= 0.3 is 0 Å². The summed E-state index contributed by atoms with van der Waals surface area (Å²) in [6, 6.07) is 6.43. The molecule has 2 N–H and O–H groups in total. The van der Waals surface area contributed by atoms with Crippen LogP contribution in [0.3, 0.4) is 0 Å². The van der Waals surface area contributed by atoms with E-state index in [1.165, 1.54) is 16.0 Å². The van der Waals surface area contributed by atoms with Crippen molar-refractivity contribution in [2.75, 3.05) is 19.5 Å². The monoisotopic (exact) mass is 225 g/mol. The predicted molar refractivity (Wildman–Crippen MR) is 66.3 cm³/mol. The van der Waals surface area contributed by atoms with Crippen LogP contribution in [0, 0.1) is 6.92 Å². The molecule has 15 heavy (non-hydrogen) atoms. The van der Waals surface area contributed by atoms with E-state index in [1.807, 2.05) is 11.8 Å². The number of nitrogens with two attached hydrogens (primary N) is 1. The van der Waals surface area contributed by atoms with E-state index in [-0.39, 0.29) is 0 Å². The van der Waals surface area contributed by atoms with Crippen LogP contribution in [-0.2, 0) is 11.3 Å². The Labute approximate surface area is 96.2 Å². The molecule has 2 nitrogen and oxygen atoms in total. The Kier molecular flexibility index (Phi) is 5.76. The zero-order valence-electron chi connectivity index (χ0n) is 9.45. The molecule has 0 aromatic heterocycles. The van der Waals surface area contributed by atoms with Crippen molar-refractivity contribution in [3.63, 3.8) is 0 Å². The zero-order chi connectivity index (χ0) is 11.1. The van der Waals surface area contributed by atoms with Gasteiger partial charge in [0.15, 0.2) is 0 Å². The normalized spacial score (nSPS) is 10.6. The summed E-state index contributed by atoms with van der Waals surface area (Å²) in [7, 11) is 1.74. The molecule has 0 saturated heterocycles. The van der Waals surface area contributed by atoms with E-state index in [0.717, 1.165) is 18.8 Å². The molecule has 0 aliphatic heterocycles. The standard InChI is InChI=1S/C12H19NOS/c1-10-8-11(9-13)4-5-12(10)15-7-3-6-14-2/h4-5,8H,3,6-7,9,13H2,1-2H3. The molecule has 1 aromatic rings. The lowest BCUT2D eigenvalue weighted by atomic mass is 10.1. The number of hydrogen-bond acceptors (Lipinski definition) is 3. The van der Waals surface area contributed by atoms with Gasteiger partial charge in [-0.05, 0) is 30.5 Å². The zero-order valence-corrected chi connectivity index (χ0v) is 10.3. The number of ether oxygens (including phenoxy) is 1. The molecule has 0 atom stereocenters. The molecule has 84 valence electrons. The maximum atomic E-state index is 5.59. The summed E-state index contributed by atoms with van der Waals surface area (Å²) in [5, 5.41) is 0. The highest BCUT2D eigenvalue weighted by Crippen LogP contribution is 2.23. The van der Waals surface area contributed by atoms with Crippen LogP contribution in [0.5, 0.6) is 0 Å². The van der Waals surface area contributed by atoms with Gasteiger partial charge in [0.25, 0.3) is 0 Å². The molecule has 3 heteroatoms. The average molecular weight is 225 g/mol. The minimum Gasteiger partial charge on any atom is -0.385 e. The summed E-state index contributed by atoms with van der Waals surface area (Å²) in [4.78, 5) is 1.35. The van der Waals surface area contributed by atoms with Crippen LogP contribution < -0.4 is 5.73 Å². The molecule has 0 aliphatic rings. The van der Waals surface area contributed by atoms with Crippen LogP contribution in [-0.4, -0.2) is 19.5 Å². The fourth-order valence-corrected chi connectivity index (χ4v) is 2.32. The van der Waals surface area contributed by atoms with Crippen molar-refractivity contribution in [3.8, 4) is 0 Å². The van der Waals surface area contributed by atoms with E-state index in [0.29, 0.717) is 6.54 Å². The second-order valence-corrected chi connectivity index (χ2v) is 4.64. The lowest BCUT2D eigenvalue weighted by molar-refractivity contribution is 0.200. The topological polar surface area (TPSA) is 35.2 Å². The van der Waals surface area contributed by atoms with E-state index in [2.05, 4.69) is 25.1 Å². The second-order valence-electron chi connectivity index (χ2n) is 3.50. The Morgan fingerprint density at radius 3 is 2.80 bits per heavy atom. The largest absolute Gasteiger partial charge is 0.385 e. The van der Waals surface area contributed by atoms with Crippen LogP contribution in [0.4, 0.5) is 0 Å². The third-order valence-electron chi connectivity index (χ3n) is 2.23. The molecular weight excluding hydrogens is 206 g/mol. The fourth-order valence-electron chi connectivity index (χ4n) is 1.39. The maximum Gasteiger partial charge on any atom is 0.0470 e. The molecule has 0 amide bonds. The minimum atomic E-state index is 0.620. The number of thioether (sulfide) groups is 1. The maximum absolute atomic E-state index is 5.59. The molecule has 0 heterocycles. The molecule has 0 bridgehead atoms. The highest BCUT2D eigenvalue weighted by Gasteiger charge is 1.99.